The largest absolute Gasteiger partial charge is 0.450 e. The molecule has 0 unspecified atom stereocenters. The third kappa shape index (κ3) is 3.07. The fourth-order valence-electron chi connectivity index (χ4n) is 3.70. The van der Waals surface area contributed by atoms with Crippen LogP contribution in [0.5, 0.6) is 0 Å². The fourth-order valence-corrected chi connectivity index (χ4v) is 3.70. The Morgan fingerprint density at radius 1 is 1.00 bits per heavy atom. The van der Waals surface area contributed by atoms with Gasteiger partial charge in [0, 0.05) is 17.0 Å². The van der Waals surface area contributed by atoms with E-state index in [1.165, 1.54) is 18.4 Å². The average molecular weight is 333 g/mol. The Morgan fingerprint density at radius 3 is 2.40 bits per heavy atom. The van der Waals surface area contributed by atoms with Crippen LogP contribution in [-0.2, 0) is 0 Å². The van der Waals surface area contributed by atoms with Gasteiger partial charge in [-0.15, -0.1) is 0 Å². The second-order valence-electron chi connectivity index (χ2n) is 7.13. The molecule has 0 bridgehead atoms. The molecule has 128 valence electrons. The minimum Gasteiger partial charge on any atom is -0.450 e. The third-order valence-electron chi connectivity index (χ3n) is 5.08. The molecule has 0 atom stereocenters. The van der Waals surface area contributed by atoms with Gasteiger partial charge in [-0.25, -0.2) is 0 Å². The molecule has 25 heavy (non-hydrogen) atoms. The summed E-state index contributed by atoms with van der Waals surface area (Å²) in [4.78, 5) is 12.9. The summed E-state index contributed by atoms with van der Waals surface area (Å²) in [6.45, 7) is 4.12. The molecule has 3 heteroatoms. The van der Waals surface area contributed by atoms with E-state index in [0.29, 0.717) is 5.76 Å². The maximum atomic E-state index is 12.9. The molecule has 1 fully saturated rings. The molecule has 1 aromatic heterocycles. The number of fused-ring (bicyclic) bond motifs is 1. The number of furan rings is 1. The minimum atomic E-state index is -0.101. The highest BCUT2D eigenvalue weighted by Crippen LogP contribution is 2.36. The second-order valence-corrected chi connectivity index (χ2v) is 7.13. The van der Waals surface area contributed by atoms with Gasteiger partial charge in [-0.3, -0.25) is 4.79 Å². The number of benzene rings is 2. The Balaban J connectivity index is 1.83. The molecule has 1 aliphatic carbocycles. The molecule has 0 radical (unpaired) electrons. The molecule has 0 aliphatic heterocycles. The molecule has 0 spiro atoms. The first kappa shape index (κ1) is 15.9. The second kappa shape index (κ2) is 6.40. The van der Waals surface area contributed by atoms with Gasteiger partial charge >= 0.3 is 0 Å². The van der Waals surface area contributed by atoms with Crippen LogP contribution >= 0.6 is 0 Å². The van der Waals surface area contributed by atoms with E-state index in [1.807, 2.05) is 12.1 Å². The maximum Gasteiger partial charge on any atom is 0.287 e. The normalized spacial score (nSPS) is 15.0. The fraction of sp³-hybridized carbons (Fsp3) is 0.318. The summed E-state index contributed by atoms with van der Waals surface area (Å²) in [5, 5.41) is 4.16. The zero-order chi connectivity index (χ0) is 17.4. The lowest BCUT2D eigenvalue weighted by Gasteiger charge is -2.11. The maximum absolute atomic E-state index is 12.9. The predicted octanol–water partition coefficient (Wildman–Crippen LogP) is 5.39. The molecule has 1 aliphatic rings. The minimum absolute atomic E-state index is 0.101. The summed E-state index contributed by atoms with van der Waals surface area (Å²) >= 11 is 0. The van der Waals surface area contributed by atoms with Gasteiger partial charge in [0.25, 0.3) is 5.91 Å². The van der Waals surface area contributed by atoms with Crippen molar-refractivity contribution in [1.82, 2.24) is 5.32 Å². The lowest BCUT2D eigenvalue weighted by Crippen LogP contribution is -2.32. The highest BCUT2D eigenvalue weighted by molar-refractivity contribution is 6.08. The van der Waals surface area contributed by atoms with E-state index >= 15 is 0 Å². The van der Waals surface area contributed by atoms with E-state index in [1.54, 1.807) is 0 Å². The number of aryl methyl sites for hydroxylation is 2. The van der Waals surface area contributed by atoms with Crippen LogP contribution in [-0.4, -0.2) is 11.9 Å². The van der Waals surface area contributed by atoms with Crippen molar-refractivity contribution in [1.29, 1.82) is 0 Å². The number of amides is 1. The standard InChI is InChI=1S/C22H23NO2/c1-14-7-10-16(11-8-14)20-18-13-15(2)9-12-19(18)25-21(20)22(24)23-17-5-3-4-6-17/h7-13,17H,3-6H2,1-2H3,(H,23,24). The lowest BCUT2D eigenvalue weighted by atomic mass is 9.99. The van der Waals surface area contributed by atoms with E-state index in [4.69, 9.17) is 4.42 Å². The molecule has 1 saturated carbocycles. The highest BCUT2D eigenvalue weighted by atomic mass is 16.3. The number of hydrogen-bond acceptors (Lipinski definition) is 2. The van der Waals surface area contributed by atoms with Crippen molar-refractivity contribution < 1.29 is 9.21 Å². The van der Waals surface area contributed by atoms with Crippen molar-refractivity contribution in [2.75, 3.05) is 0 Å². The number of rotatable bonds is 3. The smallest absolute Gasteiger partial charge is 0.287 e. The van der Waals surface area contributed by atoms with E-state index in [0.717, 1.165) is 40.5 Å². The number of carbonyl (C=O) groups excluding carboxylic acids is 1. The van der Waals surface area contributed by atoms with E-state index in [9.17, 15) is 4.79 Å². The van der Waals surface area contributed by atoms with Crippen LogP contribution in [0, 0.1) is 13.8 Å². The molecule has 4 rings (SSSR count). The summed E-state index contributed by atoms with van der Waals surface area (Å²) in [5.41, 5.74) is 5.03. The SMILES string of the molecule is Cc1ccc(-c2c(C(=O)NC3CCCC3)oc3ccc(C)cc23)cc1. The van der Waals surface area contributed by atoms with Crippen molar-refractivity contribution in [2.45, 2.75) is 45.6 Å². The van der Waals surface area contributed by atoms with Crippen LogP contribution in [0.2, 0.25) is 0 Å². The Morgan fingerprint density at radius 2 is 1.68 bits per heavy atom. The first-order valence-corrected chi connectivity index (χ1v) is 9.03. The zero-order valence-electron chi connectivity index (χ0n) is 14.8. The Labute approximate surface area is 148 Å². The van der Waals surface area contributed by atoms with Gasteiger partial charge < -0.3 is 9.73 Å². The predicted molar refractivity (Wildman–Crippen MR) is 101 cm³/mol. The van der Waals surface area contributed by atoms with Gasteiger partial charge in [-0.1, -0.05) is 54.3 Å². The van der Waals surface area contributed by atoms with Crippen LogP contribution in [0.25, 0.3) is 22.1 Å². The van der Waals surface area contributed by atoms with E-state index in [-0.39, 0.29) is 11.9 Å². The molecular formula is C22H23NO2. The van der Waals surface area contributed by atoms with Crippen LogP contribution in [0.3, 0.4) is 0 Å². The monoisotopic (exact) mass is 333 g/mol. The van der Waals surface area contributed by atoms with Gasteiger partial charge in [0.1, 0.15) is 5.58 Å². The molecule has 2 aromatic carbocycles. The average Bonchev–Trinajstić information content (AvgIpc) is 3.23. The molecule has 1 amide bonds. The third-order valence-corrected chi connectivity index (χ3v) is 5.08. The first-order chi connectivity index (χ1) is 12.1. The summed E-state index contributed by atoms with van der Waals surface area (Å²) in [7, 11) is 0. The van der Waals surface area contributed by atoms with Gasteiger partial charge in [-0.05, 0) is 44.4 Å². The van der Waals surface area contributed by atoms with E-state index in [2.05, 4.69) is 49.5 Å². The summed E-state index contributed by atoms with van der Waals surface area (Å²) < 4.78 is 6.00. The molecule has 0 saturated heterocycles. The number of carbonyl (C=O) groups is 1. The highest BCUT2D eigenvalue weighted by Gasteiger charge is 2.25. The summed E-state index contributed by atoms with van der Waals surface area (Å²) in [6.07, 6.45) is 4.50. The molecular weight excluding hydrogens is 310 g/mol. The van der Waals surface area contributed by atoms with Crippen molar-refractivity contribution in [2.24, 2.45) is 0 Å². The van der Waals surface area contributed by atoms with Crippen LogP contribution in [0.1, 0.15) is 47.4 Å². The summed E-state index contributed by atoms with van der Waals surface area (Å²) in [6, 6.07) is 14.6. The van der Waals surface area contributed by atoms with Crippen LogP contribution in [0.15, 0.2) is 46.9 Å². The lowest BCUT2D eigenvalue weighted by molar-refractivity contribution is 0.0913. The van der Waals surface area contributed by atoms with Crippen molar-refractivity contribution in [3.63, 3.8) is 0 Å². The van der Waals surface area contributed by atoms with Gasteiger partial charge in [0.15, 0.2) is 0 Å². The molecule has 3 nitrogen and oxygen atoms in total. The molecule has 3 aromatic rings. The van der Waals surface area contributed by atoms with Crippen molar-refractivity contribution >= 4 is 16.9 Å². The Hall–Kier alpha value is -2.55. The topological polar surface area (TPSA) is 42.2 Å². The first-order valence-electron chi connectivity index (χ1n) is 9.03. The molecule has 1 heterocycles. The van der Waals surface area contributed by atoms with Crippen molar-refractivity contribution in [3.8, 4) is 11.1 Å². The van der Waals surface area contributed by atoms with Crippen molar-refractivity contribution in [3.05, 3.63) is 59.4 Å². The Bertz CT molecular complexity index is 915. The Kier molecular flexibility index (Phi) is 4.08. The summed E-state index contributed by atoms with van der Waals surface area (Å²) in [5.74, 6) is 0.327. The van der Waals surface area contributed by atoms with Crippen LogP contribution in [0.4, 0.5) is 0 Å². The van der Waals surface area contributed by atoms with Gasteiger partial charge in [0.05, 0.1) is 0 Å². The number of nitrogens with one attached hydrogen (secondary N) is 1. The van der Waals surface area contributed by atoms with E-state index < -0.39 is 0 Å². The van der Waals surface area contributed by atoms with Gasteiger partial charge in [-0.2, -0.15) is 0 Å². The zero-order valence-corrected chi connectivity index (χ0v) is 14.8. The molecule has 1 N–H and O–H groups in total. The van der Waals surface area contributed by atoms with Crippen LogP contribution < -0.4 is 5.32 Å². The number of hydrogen-bond donors (Lipinski definition) is 1. The quantitative estimate of drug-likeness (QED) is 0.698. The van der Waals surface area contributed by atoms with Gasteiger partial charge in [0.2, 0.25) is 5.76 Å².